The molecule has 0 aromatic rings. The Bertz CT molecular complexity index is 149. The normalized spacial score (nSPS) is 41.9. The van der Waals surface area contributed by atoms with Crippen molar-refractivity contribution in [1.82, 2.24) is 5.32 Å². The maximum Gasteiger partial charge on any atom is 0.0590 e. The smallest absolute Gasteiger partial charge is 0.0590 e. The Balaban J connectivity index is 0.000000500. The summed E-state index contributed by atoms with van der Waals surface area (Å²) in [6.07, 6.45) is 4.40. The second-order valence-corrected chi connectivity index (χ2v) is 2.82. The summed E-state index contributed by atoms with van der Waals surface area (Å²) in [4.78, 5) is 0. The van der Waals surface area contributed by atoms with Crippen LogP contribution in [0.3, 0.4) is 0 Å². The molecule has 0 saturated carbocycles. The van der Waals surface area contributed by atoms with Gasteiger partial charge in [0.1, 0.15) is 0 Å². The third kappa shape index (κ3) is 0.965. The summed E-state index contributed by atoms with van der Waals surface area (Å²) in [6, 6.07) is 0.347. The van der Waals surface area contributed by atoms with Crippen molar-refractivity contribution < 1.29 is 5.11 Å². The van der Waals surface area contributed by atoms with E-state index in [1.165, 1.54) is 0 Å². The lowest BCUT2D eigenvalue weighted by atomic mass is 9.81. The zero-order valence-electron chi connectivity index (χ0n) is 5.66. The largest absolute Gasteiger partial charge is 0.395 e. The fourth-order valence-corrected chi connectivity index (χ4v) is 1.64. The highest BCUT2D eigenvalue weighted by Crippen LogP contribution is 2.32. The molecule has 10 heavy (non-hydrogen) atoms. The number of nitrogens with one attached hydrogen (secondary N) is 1. The molecule has 0 aromatic carbocycles. The zero-order valence-corrected chi connectivity index (χ0v) is 6.47. The number of fused-ring (bicyclic) bond motifs is 1. The first-order valence-electron chi connectivity index (χ1n) is 3.44. The first kappa shape index (κ1) is 8.05. The summed E-state index contributed by atoms with van der Waals surface area (Å²) in [5.41, 5.74) is 0. The van der Waals surface area contributed by atoms with E-state index in [0.29, 0.717) is 12.0 Å². The van der Waals surface area contributed by atoms with E-state index in [2.05, 4.69) is 17.5 Å². The highest BCUT2D eigenvalue weighted by molar-refractivity contribution is 5.85. The van der Waals surface area contributed by atoms with Crippen molar-refractivity contribution in [2.24, 2.45) is 11.8 Å². The van der Waals surface area contributed by atoms with Crippen LogP contribution in [0.4, 0.5) is 0 Å². The summed E-state index contributed by atoms with van der Waals surface area (Å²) < 4.78 is 0. The molecule has 2 aliphatic rings. The number of hydrogen-bond acceptors (Lipinski definition) is 2. The van der Waals surface area contributed by atoms with Gasteiger partial charge in [-0.1, -0.05) is 12.2 Å². The van der Waals surface area contributed by atoms with E-state index in [1.54, 1.807) is 0 Å². The van der Waals surface area contributed by atoms with Gasteiger partial charge in [-0.2, -0.15) is 0 Å². The lowest BCUT2D eigenvalue weighted by Gasteiger charge is -2.23. The maximum atomic E-state index is 8.79. The summed E-state index contributed by atoms with van der Waals surface area (Å²) in [6.45, 7) is 1.35. The van der Waals surface area contributed by atoms with Crippen LogP contribution in [-0.2, 0) is 0 Å². The van der Waals surface area contributed by atoms with E-state index in [0.717, 1.165) is 12.5 Å². The van der Waals surface area contributed by atoms with Crippen LogP contribution in [0.1, 0.15) is 0 Å². The number of aliphatic hydroxyl groups is 1. The third-order valence-corrected chi connectivity index (χ3v) is 2.35. The minimum absolute atomic E-state index is 0. The quantitative estimate of drug-likeness (QED) is 0.538. The van der Waals surface area contributed by atoms with Crippen LogP contribution in [0.15, 0.2) is 12.2 Å². The van der Waals surface area contributed by atoms with Crippen LogP contribution >= 0.6 is 12.4 Å². The molecular weight excluding hydrogens is 150 g/mol. The highest BCUT2D eigenvalue weighted by atomic mass is 35.5. The van der Waals surface area contributed by atoms with E-state index in [9.17, 15) is 0 Å². The van der Waals surface area contributed by atoms with Crippen molar-refractivity contribution in [1.29, 1.82) is 0 Å². The van der Waals surface area contributed by atoms with Gasteiger partial charge in [-0.3, -0.25) is 0 Å². The molecule has 3 atom stereocenters. The van der Waals surface area contributed by atoms with Crippen molar-refractivity contribution in [3.05, 3.63) is 12.2 Å². The average Bonchev–Trinajstić information content (AvgIpc) is 2.07. The number of hydrogen-bond donors (Lipinski definition) is 2. The molecule has 1 aliphatic carbocycles. The molecule has 1 heterocycles. The van der Waals surface area contributed by atoms with Gasteiger partial charge in [0, 0.05) is 18.5 Å². The molecule has 0 unspecified atom stereocenters. The fraction of sp³-hybridized carbons (Fsp3) is 0.714. The van der Waals surface area contributed by atoms with Gasteiger partial charge in [0.05, 0.1) is 6.61 Å². The predicted molar refractivity (Wildman–Crippen MR) is 42.2 cm³/mol. The van der Waals surface area contributed by atoms with Gasteiger partial charge < -0.3 is 10.4 Å². The van der Waals surface area contributed by atoms with Crippen molar-refractivity contribution in [3.63, 3.8) is 0 Å². The Morgan fingerprint density at radius 3 is 2.60 bits per heavy atom. The molecule has 0 amide bonds. The molecule has 1 fully saturated rings. The molecule has 2 nitrogen and oxygen atoms in total. The molecule has 0 aromatic heterocycles. The van der Waals surface area contributed by atoms with Crippen LogP contribution in [-0.4, -0.2) is 24.3 Å². The minimum atomic E-state index is 0. The van der Waals surface area contributed by atoms with Crippen molar-refractivity contribution in [2.45, 2.75) is 6.04 Å². The predicted octanol–water partition coefficient (Wildman–Crippen LogP) is 0.174. The van der Waals surface area contributed by atoms with Gasteiger partial charge in [0.25, 0.3) is 0 Å². The highest BCUT2D eigenvalue weighted by Gasteiger charge is 2.36. The third-order valence-electron chi connectivity index (χ3n) is 2.35. The molecule has 1 aliphatic heterocycles. The second-order valence-electron chi connectivity index (χ2n) is 2.82. The number of halogens is 1. The van der Waals surface area contributed by atoms with E-state index >= 15 is 0 Å². The van der Waals surface area contributed by atoms with E-state index < -0.39 is 0 Å². The first-order valence-corrected chi connectivity index (χ1v) is 3.44. The average molecular weight is 162 g/mol. The summed E-state index contributed by atoms with van der Waals surface area (Å²) in [7, 11) is 0. The molecule has 1 saturated heterocycles. The zero-order chi connectivity index (χ0) is 6.27. The van der Waals surface area contributed by atoms with Crippen LogP contribution in [0.25, 0.3) is 0 Å². The van der Waals surface area contributed by atoms with Crippen LogP contribution in [0, 0.1) is 11.8 Å². The first-order chi connectivity index (χ1) is 4.42. The fourth-order valence-electron chi connectivity index (χ4n) is 1.64. The van der Waals surface area contributed by atoms with Crippen LogP contribution < -0.4 is 5.32 Å². The number of aliphatic hydroxyl groups excluding tert-OH is 1. The van der Waals surface area contributed by atoms with Crippen LogP contribution in [0.2, 0.25) is 0 Å². The Labute approximate surface area is 66.7 Å². The lowest BCUT2D eigenvalue weighted by Crippen LogP contribution is -2.31. The van der Waals surface area contributed by atoms with Gasteiger partial charge >= 0.3 is 0 Å². The molecule has 58 valence electrons. The van der Waals surface area contributed by atoms with Gasteiger partial charge in [0.2, 0.25) is 0 Å². The van der Waals surface area contributed by atoms with E-state index in [-0.39, 0.29) is 19.0 Å². The van der Waals surface area contributed by atoms with Gasteiger partial charge in [0.15, 0.2) is 0 Å². The number of rotatable bonds is 1. The molecule has 0 bridgehead atoms. The van der Waals surface area contributed by atoms with Gasteiger partial charge in [-0.25, -0.2) is 0 Å². The standard InChI is InChI=1S/C7H11NO.ClH/c9-4-7-6-2-1-5(6)3-8-7;/h1-2,5-9H,3-4H2;1H/t5-,6-,7-;/m0./s1. The Kier molecular flexibility index (Phi) is 2.34. The van der Waals surface area contributed by atoms with Crippen molar-refractivity contribution >= 4 is 12.4 Å². The molecule has 2 rings (SSSR count). The molecule has 0 spiro atoms. The van der Waals surface area contributed by atoms with Crippen molar-refractivity contribution in [3.8, 4) is 0 Å². The lowest BCUT2D eigenvalue weighted by molar-refractivity contribution is 0.232. The summed E-state index contributed by atoms with van der Waals surface area (Å²) >= 11 is 0. The van der Waals surface area contributed by atoms with Crippen molar-refractivity contribution in [2.75, 3.05) is 13.2 Å². The molecule has 2 N–H and O–H groups in total. The minimum Gasteiger partial charge on any atom is -0.395 e. The van der Waals surface area contributed by atoms with Gasteiger partial charge in [-0.05, 0) is 5.92 Å². The second kappa shape index (κ2) is 2.91. The van der Waals surface area contributed by atoms with E-state index in [1.807, 2.05) is 0 Å². The van der Waals surface area contributed by atoms with Crippen LogP contribution in [0.5, 0.6) is 0 Å². The van der Waals surface area contributed by atoms with E-state index in [4.69, 9.17) is 5.11 Å². The topological polar surface area (TPSA) is 32.3 Å². The monoisotopic (exact) mass is 161 g/mol. The Morgan fingerprint density at radius 1 is 1.50 bits per heavy atom. The Hall–Kier alpha value is -0.0500. The maximum absolute atomic E-state index is 8.79. The molecular formula is C7H12ClNO. The molecule has 3 heteroatoms. The van der Waals surface area contributed by atoms with Gasteiger partial charge in [-0.15, -0.1) is 12.4 Å². The Morgan fingerprint density at radius 2 is 2.30 bits per heavy atom. The SMILES string of the molecule is Cl.OC[C@@H]1NC[C@@H]2C=C[C@H]12. The molecule has 0 radical (unpaired) electrons. The summed E-state index contributed by atoms with van der Waals surface area (Å²) in [5.74, 6) is 1.36. The summed E-state index contributed by atoms with van der Waals surface area (Å²) in [5, 5.41) is 12.0.